The number of hydrogen-bond donors (Lipinski definition) is 0. The van der Waals surface area contributed by atoms with Crippen molar-refractivity contribution in [3.05, 3.63) is 47.1 Å². The summed E-state index contributed by atoms with van der Waals surface area (Å²) >= 11 is 1.77. The summed E-state index contributed by atoms with van der Waals surface area (Å²) in [6, 6.07) is 10.5. The summed E-state index contributed by atoms with van der Waals surface area (Å²) in [5, 5.41) is 2.15. The standard InChI is InChI=1S/C21H26O2S/c1-15(22)23-20(14-24-13-16-5-3-2-4-6-16)21-10-17-7-18(11-21)9-19(8-17)12-21/h2-6,14,17-19H,7-13H2,1H3/b20-14-. The van der Waals surface area contributed by atoms with Crippen LogP contribution in [-0.4, -0.2) is 5.97 Å². The average molecular weight is 343 g/mol. The Morgan fingerprint density at radius 3 is 2.25 bits per heavy atom. The summed E-state index contributed by atoms with van der Waals surface area (Å²) in [7, 11) is 0. The molecule has 128 valence electrons. The van der Waals surface area contributed by atoms with Gasteiger partial charge >= 0.3 is 5.97 Å². The minimum absolute atomic E-state index is 0.143. The molecule has 4 saturated carbocycles. The molecule has 4 bridgehead atoms. The molecule has 1 aromatic carbocycles. The highest BCUT2D eigenvalue weighted by atomic mass is 32.2. The Labute approximate surface area is 149 Å². The van der Waals surface area contributed by atoms with Gasteiger partial charge < -0.3 is 4.74 Å². The molecule has 0 atom stereocenters. The predicted octanol–water partition coefficient (Wildman–Crippen LogP) is 5.54. The minimum atomic E-state index is -0.169. The molecule has 0 amide bonds. The molecule has 0 radical (unpaired) electrons. The third-order valence-corrected chi connectivity index (χ3v) is 6.98. The summed E-state index contributed by atoms with van der Waals surface area (Å²) in [6.45, 7) is 1.54. The third kappa shape index (κ3) is 3.28. The van der Waals surface area contributed by atoms with Crippen LogP contribution in [0.1, 0.15) is 51.0 Å². The number of allylic oxidation sites excluding steroid dienone is 1. The van der Waals surface area contributed by atoms with Crippen LogP contribution in [0.3, 0.4) is 0 Å². The monoisotopic (exact) mass is 342 g/mol. The van der Waals surface area contributed by atoms with Crippen molar-refractivity contribution in [2.75, 3.05) is 0 Å². The van der Waals surface area contributed by atoms with Crippen LogP contribution in [0.2, 0.25) is 0 Å². The van der Waals surface area contributed by atoms with Crippen LogP contribution in [0.4, 0.5) is 0 Å². The summed E-state index contributed by atoms with van der Waals surface area (Å²) in [4.78, 5) is 11.7. The molecule has 2 nitrogen and oxygen atoms in total. The third-order valence-electron chi connectivity index (χ3n) is 6.10. The number of carbonyl (C=O) groups excluding carboxylic acids is 1. The first-order chi connectivity index (χ1) is 11.6. The molecule has 1 aromatic rings. The summed E-state index contributed by atoms with van der Waals surface area (Å²) in [5.74, 6) is 4.29. The van der Waals surface area contributed by atoms with Gasteiger partial charge in [0.25, 0.3) is 0 Å². The predicted molar refractivity (Wildman–Crippen MR) is 98.2 cm³/mol. The first-order valence-corrected chi connectivity index (χ1v) is 10.2. The lowest BCUT2D eigenvalue weighted by Gasteiger charge is -2.56. The van der Waals surface area contributed by atoms with Gasteiger partial charge in [-0.2, -0.15) is 0 Å². The highest BCUT2D eigenvalue weighted by molar-refractivity contribution is 8.01. The SMILES string of the molecule is CC(=O)O/C(=C\SCc1ccccc1)C12CC3CC(CC(C3)C1)C2. The smallest absolute Gasteiger partial charge is 0.307 e. The van der Waals surface area contributed by atoms with Gasteiger partial charge in [-0.1, -0.05) is 30.3 Å². The van der Waals surface area contributed by atoms with E-state index in [-0.39, 0.29) is 11.4 Å². The van der Waals surface area contributed by atoms with Crippen LogP contribution in [0.15, 0.2) is 41.5 Å². The fourth-order valence-corrected chi connectivity index (χ4v) is 6.53. The second-order valence-electron chi connectivity index (χ2n) is 8.07. The van der Waals surface area contributed by atoms with E-state index in [1.165, 1.54) is 51.0 Å². The van der Waals surface area contributed by atoms with Crippen molar-refractivity contribution >= 4 is 17.7 Å². The molecule has 0 aliphatic heterocycles. The van der Waals surface area contributed by atoms with E-state index in [0.717, 1.165) is 29.3 Å². The zero-order chi connectivity index (χ0) is 16.6. The van der Waals surface area contributed by atoms with Gasteiger partial charge in [0.15, 0.2) is 0 Å². The summed E-state index contributed by atoms with van der Waals surface area (Å²) in [5.41, 5.74) is 1.45. The van der Waals surface area contributed by atoms with Crippen molar-refractivity contribution in [3.8, 4) is 0 Å². The Bertz CT molecular complexity index is 599. The van der Waals surface area contributed by atoms with Gasteiger partial charge in [0.05, 0.1) is 0 Å². The lowest BCUT2D eigenvalue weighted by Crippen LogP contribution is -2.47. The van der Waals surface area contributed by atoms with Crippen molar-refractivity contribution in [2.24, 2.45) is 23.2 Å². The highest BCUT2D eigenvalue weighted by Crippen LogP contribution is 2.63. The van der Waals surface area contributed by atoms with Crippen molar-refractivity contribution < 1.29 is 9.53 Å². The molecule has 0 saturated heterocycles. The molecule has 24 heavy (non-hydrogen) atoms. The van der Waals surface area contributed by atoms with Gasteiger partial charge in [-0.15, -0.1) is 11.8 Å². The summed E-state index contributed by atoms with van der Waals surface area (Å²) in [6.07, 6.45) is 7.90. The first kappa shape index (κ1) is 16.3. The van der Waals surface area contributed by atoms with Crippen molar-refractivity contribution in [2.45, 2.75) is 51.2 Å². The fourth-order valence-electron chi connectivity index (χ4n) is 5.61. The van der Waals surface area contributed by atoms with E-state index >= 15 is 0 Å². The van der Waals surface area contributed by atoms with E-state index in [2.05, 4.69) is 29.7 Å². The van der Waals surface area contributed by atoms with E-state index in [9.17, 15) is 4.79 Å². The second-order valence-corrected chi connectivity index (χ2v) is 8.93. The van der Waals surface area contributed by atoms with Gasteiger partial charge in [0.2, 0.25) is 0 Å². The molecule has 4 fully saturated rings. The second kappa shape index (κ2) is 6.59. The van der Waals surface area contributed by atoms with Crippen LogP contribution in [0, 0.1) is 23.2 Å². The van der Waals surface area contributed by atoms with Crippen molar-refractivity contribution in [1.82, 2.24) is 0 Å². The lowest BCUT2D eigenvalue weighted by atomic mass is 9.49. The number of benzene rings is 1. The molecule has 4 aliphatic carbocycles. The zero-order valence-corrected chi connectivity index (χ0v) is 15.2. The molecule has 0 aromatic heterocycles. The topological polar surface area (TPSA) is 26.3 Å². The average Bonchev–Trinajstić information content (AvgIpc) is 2.53. The van der Waals surface area contributed by atoms with E-state index in [1.807, 2.05) is 6.07 Å². The number of ether oxygens (including phenoxy) is 1. The Morgan fingerprint density at radius 1 is 1.12 bits per heavy atom. The van der Waals surface area contributed by atoms with Crippen LogP contribution in [0.5, 0.6) is 0 Å². The largest absolute Gasteiger partial charge is 0.430 e. The van der Waals surface area contributed by atoms with Crippen LogP contribution in [0.25, 0.3) is 0 Å². The Kier molecular flexibility index (Phi) is 4.46. The maximum Gasteiger partial charge on any atom is 0.307 e. The van der Waals surface area contributed by atoms with Crippen LogP contribution < -0.4 is 0 Å². The fraction of sp³-hybridized carbons (Fsp3) is 0.571. The number of rotatable bonds is 5. The molecular weight excluding hydrogens is 316 g/mol. The van der Waals surface area contributed by atoms with Gasteiger partial charge in [0, 0.05) is 23.5 Å². The molecule has 4 aliphatic rings. The van der Waals surface area contributed by atoms with E-state index in [0.29, 0.717) is 0 Å². The zero-order valence-electron chi connectivity index (χ0n) is 14.4. The maximum atomic E-state index is 11.7. The Hall–Kier alpha value is -1.22. The van der Waals surface area contributed by atoms with E-state index < -0.39 is 0 Å². The molecule has 3 heteroatoms. The van der Waals surface area contributed by atoms with E-state index in [4.69, 9.17) is 4.74 Å². The Balaban J connectivity index is 1.53. The summed E-state index contributed by atoms with van der Waals surface area (Å²) < 4.78 is 5.77. The first-order valence-electron chi connectivity index (χ1n) is 9.17. The van der Waals surface area contributed by atoms with Crippen molar-refractivity contribution in [1.29, 1.82) is 0 Å². The molecule has 0 unspecified atom stereocenters. The number of thioether (sulfide) groups is 1. The molecule has 0 spiro atoms. The minimum Gasteiger partial charge on any atom is -0.430 e. The van der Waals surface area contributed by atoms with Gasteiger partial charge in [-0.25, -0.2) is 0 Å². The van der Waals surface area contributed by atoms with Gasteiger partial charge in [-0.3, -0.25) is 4.79 Å². The molecular formula is C21H26O2S. The number of carbonyl (C=O) groups is 1. The quantitative estimate of drug-likeness (QED) is 0.519. The normalized spacial score (nSPS) is 34.4. The lowest BCUT2D eigenvalue weighted by molar-refractivity contribution is -0.142. The van der Waals surface area contributed by atoms with Crippen LogP contribution in [-0.2, 0) is 15.3 Å². The van der Waals surface area contributed by atoms with Gasteiger partial charge in [-0.05, 0) is 61.8 Å². The Morgan fingerprint density at radius 2 is 1.71 bits per heavy atom. The number of hydrogen-bond acceptors (Lipinski definition) is 3. The highest BCUT2D eigenvalue weighted by Gasteiger charge is 2.53. The van der Waals surface area contributed by atoms with E-state index in [1.54, 1.807) is 11.8 Å². The maximum absolute atomic E-state index is 11.7. The molecule has 5 rings (SSSR count). The van der Waals surface area contributed by atoms with Crippen molar-refractivity contribution in [3.63, 3.8) is 0 Å². The molecule has 0 heterocycles. The van der Waals surface area contributed by atoms with Gasteiger partial charge in [0.1, 0.15) is 5.76 Å². The molecule has 0 N–H and O–H groups in total. The number of esters is 1. The van der Waals surface area contributed by atoms with Crippen LogP contribution >= 0.6 is 11.8 Å².